The minimum atomic E-state index is -2.94. The molecule has 5 heteroatoms. The Labute approximate surface area is 126 Å². The van der Waals surface area contributed by atoms with Crippen LogP contribution in [0.5, 0.6) is 0 Å². The minimum absolute atomic E-state index is 0.0781. The number of carbonyl (C=O) groups is 1. The predicted octanol–water partition coefficient (Wildman–Crippen LogP) is 1.88. The maximum atomic E-state index is 11.9. The molecule has 1 saturated heterocycles. The fourth-order valence-electron chi connectivity index (χ4n) is 2.58. The Morgan fingerprint density at radius 2 is 1.90 bits per heavy atom. The molecule has 0 radical (unpaired) electrons. The smallest absolute Gasteiger partial charge is 0.224 e. The lowest BCUT2D eigenvalue weighted by Gasteiger charge is -2.11. The number of rotatable bonds is 6. The second-order valence-electron chi connectivity index (χ2n) is 5.76. The maximum Gasteiger partial charge on any atom is 0.224 e. The third kappa shape index (κ3) is 5.16. The van der Waals surface area contributed by atoms with Crippen LogP contribution in [-0.4, -0.2) is 31.9 Å². The number of benzene rings is 1. The lowest BCUT2D eigenvalue weighted by atomic mass is 10.0. The molecule has 4 nitrogen and oxygen atoms in total. The standard InChI is InChI=1S/C16H23NO3S/c1-2-3-4-13-5-7-14(8-6-13)11-16(18)17-15-9-10-21(19,20)12-15/h5-8,15H,2-4,9-12H2,1H3,(H,17,18). The number of sulfone groups is 1. The van der Waals surface area contributed by atoms with Crippen molar-refractivity contribution in [3.05, 3.63) is 35.4 Å². The molecule has 1 aromatic carbocycles. The Balaban J connectivity index is 1.82. The number of hydrogen-bond acceptors (Lipinski definition) is 3. The summed E-state index contributed by atoms with van der Waals surface area (Å²) in [5.74, 6) is 0.164. The molecule has 116 valence electrons. The summed E-state index contributed by atoms with van der Waals surface area (Å²) in [6, 6.07) is 7.88. The Kier molecular flexibility index (Phi) is 5.39. The molecule has 1 fully saturated rings. The van der Waals surface area contributed by atoms with Crippen molar-refractivity contribution in [2.45, 2.75) is 45.1 Å². The number of carbonyl (C=O) groups excluding carboxylic acids is 1. The van der Waals surface area contributed by atoms with Gasteiger partial charge in [-0.3, -0.25) is 4.79 Å². The van der Waals surface area contributed by atoms with Crippen molar-refractivity contribution in [3.63, 3.8) is 0 Å². The molecule has 21 heavy (non-hydrogen) atoms. The summed E-state index contributed by atoms with van der Waals surface area (Å²) in [7, 11) is -2.94. The number of unbranched alkanes of at least 4 members (excludes halogenated alkanes) is 1. The molecule has 1 N–H and O–H groups in total. The average molecular weight is 309 g/mol. The number of aryl methyl sites for hydroxylation is 1. The van der Waals surface area contributed by atoms with Gasteiger partial charge in [0.05, 0.1) is 17.9 Å². The highest BCUT2D eigenvalue weighted by molar-refractivity contribution is 7.91. The zero-order valence-electron chi connectivity index (χ0n) is 12.5. The second-order valence-corrected chi connectivity index (χ2v) is 7.99. The molecule has 1 aromatic rings. The van der Waals surface area contributed by atoms with Gasteiger partial charge in [-0.05, 0) is 30.4 Å². The fraction of sp³-hybridized carbons (Fsp3) is 0.562. The Morgan fingerprint density at radius 3 is 2.48 bits per heavy atom. The maximum absolute atomic E-state index is 11.9. The lowest BCUT2D eigenvalue weighted by molar-refractivity contribution is -0.120. The predicted molar refractivity (Wildman–Crippen MR) is 84.0 cm³/mol. The largest absolute Gasteiger partial charge is 0.352 e. The van der Waals surface area contributed by atoms with Gasteiger partial charge < -0.3 is 5.32 Å². The van der Waals surface area contributed by atoms with Crippen molar-refractivity contribution < 1.29 is 13.2 Å². The Bertz CT molecular complexity index is 578. The summed E-state index contributed by atoms with van der Waals surface area (Å²) in [4.78, 5) is 11.9. The molecule has 1 atom stereocenters. The van der Waals surface area contributed by atoms with Crippen molar-refractivity contribution in [2.75, 3.05) is 11.5 Å². The van der Waals surface area contributed by atoms with Gasteiger partial charge in [-0.15, -0.1) is 0 Å². The van der Waals surface area contributed by atoms with Crippen LogP contribution in [0, 0.1) is 0 Å². The molecule has 0 aliphatic carbocycles. The van der Waals surface area contributed by atoms with E-state index in [-0.39, 0.29) is 23.5 Å². The Morgan fingerprint density at radius 1 is 1.24 bits per heavy atom. The normalized spacial score (nSPS) is 20.3. The molecular formula is C16H23NO3S. The molecular weight excluding hydrogens is 286 g/mol. The number of nitrogens with one attached hydrogen (secondary N) is 1. The lowest BCUT2D eigenvalue weighted by Crippen LogP contribution is -2.36. The molecule has 0 aromatic heterocycles. The van der Waals surface area contributed by atoms with Crippen LogP contribution < -0.4 is 5.32 Å². The van der Waals surface area contributed by atoms with E-state index in [0.717, 1.165) is 12.0 Å². The second kappa shape index (κ2) is 7.07. The molecule has 1 amide bonds. The van der Waals surface area contributed by atoms with Crippen molar-refractivity contribution >= 4 is 15.7 Å². The van der Waals surface area contributed by atoms with Crippen LogP contribution >= 0.6 is 0 Å². The van der Waals surface area contributed by atoms with E-state index in [1.807, 2.05) is 12.1 Å². The van der Waals surface area contributed by atoms with Gasteiger partial charge in [-0.2, -0.15) is 0 Å². The zero-order valence-corrected chi connectivity index (χ0v) is 13.3. The summed E-state index contributed by atoms with van der Waals surface area (Å²) in [5, 5.41) is 2.81. The molecule has 0 spiro atoms. The monoisotopic (exact) mass is 309 g/mol. The van der Waals surface area contributed by atoms with Gasteiger partial charge in [0.15, 0.2) is 9.84 Å². The SMILES string of the molecule is CCCCc1ccc(CC(=O)NC2CCS(=O)(=O)C2)cc1. The third-order valence-corrected chi connectivity index (χ3v) is 5.57. The van der Waals surface area contributed by atoms with Crippen LogP contribution in [0.25, 0.3) is 0 Å². The average Bonchev–Trinajstić information content (AvgIpc) is 2.77. The van der Waals surface area contributed by atoms with Gasteiger partial charge in [0.2, 0.25) is 5.91 Å². The summed E-state index contributed by atoms with van der Waals surface area (Å²) < 4.78 is 22.7. The van der Waals surface area contributed by atoms with Crippen molar-refractivity contribution in [1.29, 1.82) is 0 Å². The summed E-state index contributed by atoms with van der Waals surface area (Å²) in [6.07, 6.45) is 4.27. The summed E-state index contributed by atoms with van der Waals surface area (Å²) >= 11 is 0. The van der Waals surface area contributed by atoms with E-state index in [1.54, 1.807) is 0 Å². The highest BCUT2D eigenvalue weighted by Gasteiger charge is 2.28. The van der Waals surface area contributed by atoms with Crippen LogP contribution in [0.15, 0.2) is 24.3 Å². The number of hydrogen-bond donors (Lipinski definition) is 1. The van der Waals surface area contributed by atoms with E-state index in [9.17, 15) is 13.2 Å². The highest BCUT2D eigenvalue weighted by atomic mass is 32.2. The van der Waals surface area contributed by atoms with E-state index < -0.39 is 9.84 Å². The summed E-state index contributed by atoms with van der Waals surface area (Å²) in [5.41, 5.74) is 2.26. The van der Waals surface area contributed by atoms with Crippen molar-refractivity contribution in [3.8, 4) is 0 Å². The van der Waals surface area contributed by atoms with Crippen molar-refractivity contribution in [1.82, 2.24) is 5.32 Å². The van der Waals surface area contributed by atoms with Gasteiger partial charge >= 0.3 is 0 Å². The molecule has 1 aliphatic heterocycles. The number of amides is 1. The Hall–Kier alpha value is -1.36. The first-order valence-corrected chi connectivity index (χ1v) is 9.38. The van der Waals surface area contributed by atoms with Crippen molar-refractivity contribution in [2.24, 2.45) is 0 Å². The quantitative estimate of drug-likeness (QED) is 0.872. The van der Waals surface area contributed by atoms with Crippen LogP contribution in [0.3, 0.4) is 0 Å². The van der Waals surface area contributed by atoms with Crippen LogP contribution in [0.4, 0.5) is 0 Å². The molecule has 1 unspecified atom stereocenters. The van der Waals surface area contributed by atoms with E-state index in [4.69, 9.17) is 0 Å². The summed E-state index contributed by atoms with van der Waals surface area (Å²) in [6.45, 7) is 2.17. The van der Waals surface area contributed by atoms with Gasteiger partial charge in [0.25, 0.3) is 0 Å². The molecule has 1 aliphatic rings. The first kappa shape index (κ1) is 16.0. The van der Waals surface area contributed by atoms with Crippen LogP contribution in [0.2, 0.25) is 0 Å². The first-order valence-electron chi connectivity index (χ1n) is 7.56. The van der Waals surface area contributed by atoms with E-state index in [2.05, 4.69) is 24.4 Å². The fourth-order valence-corrected chi connectivity index (χ4v) is 4.25. The van der Waals surface area contributed by atoms with E-state index in [0.29, 0.717) is 12.8 Å². The van der Waals surface area contributed by atoms with E-state index in [1.165, 1.54) is 18.4 Å². The minimum Gasteiger partial charge on any atom is -0.352 e. The molecule has 1 heterocycles. The molecule has 0 bridgehead atoms. The molecule has 2 rings (SSSR count). The van der Waals surface area contributed by atoms with Gasteiger partial charge in [-0.25, -0.2) is 8.42 Å². The topological polar surface area (TPSA) is 63.2 Å². The van der Waals surface area contributed by atoms with E-state index >= 15 is 0 Å². The first-order chi connectivity index (χ1) is 9.98. The zero-order chi connectivity index (χ0) is 15.3. The molecule has 0 saturated carbocycles. The van der Waals surface area contributed by atoms with Crippen LogP contribution in [0.1, 0.15) is 37.3 Å². The third-order valence-electron chi connectivity index (χ3n) is 3.80. The van der Waals surface area contributed by atoms with Gasteiger partial charge in [0, 0.05) is 6.04 Å². The highest BCUT2D eigenvalue weighted by Crippen LogP contribution is 2.12. The van der Waals surface area contributed by atoms with Crippen LogP contribution in [-0.2, 0) is 27.5 Å². The van der Waals surface area contributed by atoms with Gasteiger partial charge in [0.1, 0.15) is 0 Å². The van der Waals surface area contributed by atoms with Gasteiger partial charge in [-0.1, -0.05) is 37.6 Å².